The molecule has 0 radical (unpaired) electrons. The highest BCUT2D eigenvalue weighted by molar-refractivity contribution is 5.84. The summed E-state index contributed by atoms with van der Waals surface area (Å²) in [4.78, 5) is 15.1. The number of hydrogen-bond donors (Lipinski definition) is 1. The van der Waals surface area contributed by atoms with E-state index in [1.165, 1.54) is 30.4 Å². The standard InChI is InChI=1S/C26H30N2O2/c1-20(30-25-14-13-21-9-3-4-10-22(21)17-25)26(29)27-18-23-11-5-6-12-24(23)19-28-15-7-2-8-16-28/h3-6,9-14,17,20H,2,7-8,15-16,18-19H2,1H3,(H,27,29)/t20-/m1/s1. The number of carbonyl (C=O) groups excluding carboxylic acids is 1. The fraction of sp³-hybridized carbons (Fsp3) is 0.346. The molecular formula is C26H30N2O2. The van der Waals surface area contributed by atoms with E-state index in [1.807, 2.05) is 42.5 Å². The van der Waals surface area contributed by atoms with Crippen molar-refractivity contribution in [3.63, 3.8) is 0 Å². The van der Waals surface area contributed by atoms with Gasteiger partial charge in [-0.15, -0.1) is 0 Å². The number of piperidine rings is 1. The summed E-state index contributed by atoms with van der Waals surface area (Å²) < 4.78 is 5.90. The summed E-state index contributed by atoms with van der Waals surface area (Å²) in [6.07, 6.45) is 3.34. The monoisotopic (exact) mass is 402 g/mol. The van der Waals surface area contributed by atoms with Crippen molar-refractivity contribution in [3.8, 4) is 5.75 Å². The second-order valence-corrected chi connectivity index (χ2v) is 8.09. The lowest BCUT2D eigenvalue weighted by molar-refractivity contribution is -0.127. The average molecular weight is 403 g/mol. The zero-order chi connectivity index (χ0) is 20.8. The molecule has 4 nitrogen and oxygen atoms in total. The Hall–Kier alpha value is -2.85. The van der Waals surface area contributed by atoms with Crippen molar-refractivity contribution in [1.82, 2.24) is 10.2 Å². The average Bonchev–Trinajstić information content (AvgIpc) is 2.79. The molecule has 4 heteroatoms. The van der Waals surface area contributed by atoms with E-state index in [2.05, 4.69) is 34.5 Å². The number of rotatable bonds is 7. The predicted octanol–water partition coefficient (Wildman–Crippen LogP) is 4.91. The van der Waals surface area contributed by atoms with Gasteiger partial charge in [0.05, 0.1) is 0 Å². The lowest BCUT2D eigenvalue weighted by Gasteiger charge is -2.27. The van der Waals surface area contributed by atoms with Crippen molar-refractivity contribution in [2.24, 2.45) is 0 Å². The molecule has 3 aromatic rings. The van der Waals surface area contributed by atoms with Gasteiger partial charge in [0.2, 0.25) is 0 Å². The Bertz CT molecular complexity index is 995. The maximum Gasteiger partial charge on any atom is 0.261 e. The van der Waals surface area contributed by atoms with E-state index in [0.29, 0.717) is 12.3 Å². The summed E-state index contributed by atoms with van der Waals surface area (Å²) in [5.74, 6) is 0.609. The van der Waals surface area contributed by atoms with Gasteiger partial charge in [0.25, 0.3) is 5.91 Å². The van der Waals surface area contributed by atoms with Crippen LogP contribution in [0.4, 0.5) is 0 Å². The second kappa shape index (κ2) is 9.77. The Morgan fingerprint density at radius 1 is 0.933 bits per heavy atom. The number of ether oxygens (including phenoxy) is 1. The summed E-state index contributed by atoms with van der Waals surface area (Å²) in [7, 11) is 0. The smallest absolute Gasteiger partial charge is 0.261 e. The van der Waals surface area contributed by atoms with Gasteiger partial charge < -0.3 is 10.1 Å². The van der Waals surface area contributed by atoms with Crippen molar-refractivity contribution >= 4 is 16.7 Å². The molecule has 0 spiro atoms. The van der Waals surface area contributed by atoms with Gasteiger partial charge in [-0.3, -0.25) is 9.69 Å². The summed E-state index contributed by atoms with van der Waals surface area (Å²) in [5.41, 5.74) is 2.47. The van der Waals surface area contributed by atoms with Crippen LogP contribution in [-0.4, -0.2) is 30.0 Å². The normalized spacial score (nSPS) is 15.6. The quantitative estimate of drug-likeness (QED) is 0.611. The molecule has 156 valence electrons. The van der Waals surface area contributed by atoms with Gasteiger partial charge in [-0.05, 0) is 66.9 Å². The van der Waals surface area contributed by atoms with Crippen LogP contribution < -0.4 is 10.1 Å². The maximum atomic E-state index is 12.6. The number of carbonyl (C=O) groups is 1. The lowest BCUT2D eigenvalue weighted by atomic mass is 10.0. The molecule has 1 saturated heterocycles. The predicted molar refractivity (Wildman–Crippen MR) is 121 cm³/mol. The lowest BCUT2D eigenvalue weighted by Crippen LogP contribution is -2.36. The van der Waals surface area contributed by atoms with Crippen LogP contribution in [0.25, 0.3) is 10.8 Å². The van der Waals surface area contributed by atoms with Gasteiger partial charge in [-0.2, -0.15) is 0 Å². The molecule has 1 fully saturated rings. The first-order valence-corrected chi connectivity index (χ1v) is 10.9. The van der Waals surface area contributed by atoms with E-state index in [9.17, 15) is 4.79 Å². The van der Waals surface area contributed by atoms with Crippen molar-refractivity contribution in [1.29, 1.82) is 0 Å². The molecule has 1 aliphatic heterocycles. The Labute approximate surface area is 178 Å². The summed E-state index contributed by atoms with van der Waals surface area (Å²) in [6, 6.07) is 22.4. The molecule has 0 aliphatic carbocycles. The largest absolute Gasteiger partial charge is 0.481 e. The van der Waals surface area contributed by atoms with Crippen LogP contribution in [0.3, 0.4) is 0 Å². The number of likely N-dealkylation sites (tertiary alicyclic amines) is 1. The molecule has 1 N–H and O–H groups in total. The number of fused-ring (bicyclic) bond motifs is 1. The maximum absolute atomic E-state index is 12.6. The fourth-order valence-electron chi connectivity index (χ4n) is 4.07. The molecule has 0 bridgehead atoms. The zero-order valence-electron chi connectivity index (χ0n) is 17.6. The summed E-state index contributed by atoms with van der Waals surface area (Å²) >= 11 is 0. The molecule has 0 saturated carbocycles. The van der Waals surface area contributed by atoms with Gasteiger partial charge in [-0.25, -0.2) is 0 Å². The second-order valence-electron chi connectivity index (χ2n) is 8.09. The Morgan fingerprint density at radius 3 is 2.43 bits per heavy atom. The molecule has 0 unspecified atom stereocenters. The Kier molecular flexibility index (Phi) is 6.65. The minimum absolute atomic E-state index is 0.101. The van der Waals surface area contributed by atoms with Crippen LogP contribution in [0.5, 0.6) is 5.75 Å². The first kappa shape index (κ1) is 20.4. The van der Waals surface area contributed by atoms with E-state index in [0.717, 1.165) is 30.4 Å². The Balaban J connectivity index is 1.34. The van der Waals surface area contributed by atoms with Crippen LogP contribution in [0.1, 0.15) is 37.3 Å². The fourth-order valence-corrected chi connectivity index (χ4v) is 4.07. The summed E-state index contributed by atoms with van der Waals surface area (Å²) in [5, 5.41) is 5.32. The van der Waals surface area contributed by atoms with Crippen LogP contribution in [0.15, 0.2) is 66.7 Å². The molecule has 4 rings (SSSR count). The van der Waals surface area contributed by atoms with E-state index >= 15 is 0 Å². The van der Waals surface area contributed by atoms with Crippen molar-refractivity contribution in [2.75, 3.05) is 13.1 Å². The van der Waals surface area contributed by atoms with Gasteiger partial charge in [-0.1, -0.05) is 61.0 Å². The third-order valence-electron chi connectivity index (χ3n) is 5.82. The van der Waals surface area contributed by atoms with E-state index in [4.69, 9.17) is 4.74 Å². The van der Waals surface area contributed by atoms with Gasteiger partial charge in [0, 0.05) is 13.1 Å². The number of hydrogen-bond acceptors (Lipinski definition) is 3. The number of benzene rings is 3. The highest BCUT2D eigenvalue weighted by Crippen LogP contribution is 2.21. The highest BCUT2D eigenvalue weighted by Gasteiger charge is 2.16. The van der Waals surface area contributed by atoms with Crippen molar-refractivity contribution in [2.45, 2.75) is 45.4 Å². The van der Waals surface area contributed by atoms with Crippen molar-refractivity contribution < 1.29 is 9.53 Å². The first-order valence-electron chi connectivity index (χ1n) is 10.9. The summed E-state index contributed by atoms with van der Waals surface area (Å²) in [6.45, 7) is 5.60. The van der Waals surface area contributed by atoms with E-state index in [1.54, 1.807) is 6.92 Å². The molecular weight excluding hydrogens is 372 g/mol. The topological polar surface area (TPSA) is 41.6 Å². The minimum atomic E-state index is -0.555. The van der Waals surface area contributed by atoms with Gasteiger partial charge in [0.1, 0.15) is 5.75 Å². The Morgan fingerprint density at radius 2 is 1.63 bits per heavy atom. The zero-order valence-corrected chi connectivity index (χ0v) is 17.6. The third-order valence-corrected chi connectivity index (χ3v) is 5.82. The van der Waals surface area contributed by atoms with Crippen molar-refractivity contribution in [3.05, 3.63) is 77.9 Å². The molecule has 1 atom stereocenters. The third kappa shape index (κ3) is 5.19. The number of nitrogens with one attached hydrogen (secondary N) is 1. The highest BCUT2D eigenvalue weighted by atomic mass is 16.5. The number of amides is 1. The molecule has 0 aromatic heterocycles. The number of nitrogens with zero attached hydrogens (tertiary/aromatic N) is 1. The van der Waals surface area contributed by atoms with E-state index < -0.39 is 6.10 Å². The van der Waals surface area contributed by atoms with Gasteiger partial charge in [0.15, 0.2) is 6.10 Å². The minimum Gasteiger partial charge on any atom is -0.481 e. The van der Waals surface area contributed by atoms with Crippen LogP contribution >= 0.6 is 0 Å². The van der Waals surface area contributed by atoms with Crippen LogP contribution in [0.2, 0.25) is 0 Å². The molecule has 30 heavy (non-hydrogen) atoms. The van der Waals surface area contributed by atoms with Crippen LogP contribution in [0, 0.1) is 0 Å². The molecule has 1 aliphatic rings. The first-order chi connectivity index (χ1) is 14.7. The molecule has 3 aromatic carbocycles. The molecule has 1 amide bonds. The van der Waals surface area contributed by atoms with E-state index in [-0.39, 0.29) is 5.91 Å². The van der Waals surface area contributed by atoms with Crippen LogP contribution in [-0.2, 0) is 17.9 Å². The SMILES string of the molecule is C[C@@H](Oc1ccc2ccccc2c1)C(=O)NCc1ccccc1CN1CCCCC1. The van der Waals surface area contributed by atoms with Gasteiger partial charge >= 0.3 is 0 Å². The molecule has 1 heterocycles.